The molecular weight excluding hydrogens is 404 g/mol. The summed E-state index contributed by atoms with van der Waals surface area (Å²) in [7, 11) is 1.40. The summed E-state index contributed by atoms with van der Waals surface area (Å²) in [4.78, 5) is 24.9. The van der Waals surface area contributed by atoms with Crippen molar-refractivity contribution in [1.29, 1.82) is 0 Å². The van der Waals surface area contributed by atoms with Crippen LogP contribution in [0.25, 0.3) is 0 Å². The molecule has 0 aliphatic rings. The second-order valence-corrected chi connectivity index (χ2v) is 7.20. The minimum Gasteiger partial charge on any atom is -0.504 e. The summed E-state index contributed by atoms with van der Waals surface area (Å²) in [5.74, 6) is -0.737. The van der Waals surface area contributed by atoms with Crippen molar-refractivity contribution < 1.29 is 28.7 Å². The number of methoxy groups -OCH3 is 1. The van der Waals surface area contributed by atoms with Gasteiger partial charge in [-0.25, -0.2) is 0 Å². The van der Waals surface area contributed by atoms with Gasteiger partial charge < -0.3 is 29.2 Å². The lowest BCUT2D eigenvalue weighted by atomic mass is 9.91. The molecule has 0 radical (unpaired) electrons. The van der Waals surface area contributed by atoms with E-state index in [1.54, 1.807) is 26.8 Å². The zero-order valence-corrected chi connectivity index (χ0v) is 17.7. The zero-order valence-electron chi connectivity index (χ0n) is 17.7. The summed E-state index contributed by atoms with van der Waals surface area (Å²) in [6, 6.07) is 5.69. The maximum absolute atomic E-state index is 12.8. The van der Waals surface area contributed by atoms with Crippen LogP contribution < -0.4 is 15.5 Å². The fourth-order valence-corrected chi connectivity index (χ4v) is 3.33. The highest BCUT2D eigenvalue weighted by Gasteiger charge is 2.27. The van der Waals surface area contributed by atoms with E-state index in [0.717, 1.165) is 5.56 Å². The van der Waals surface area contributed by atoms with Crippen LogP contribution in [-0.2, 0) is 11.3 Å². The molecule has 31 heavy (non-hydrogen) atoms. The van der Waals surface area contributed by atoms with Gasteiger partial charge in [0.05, 0.1) is 18.7 Å². The Labute approximate surface area is 178 Å². The summed E-state index contributed by atoms with van der Waals surface area (Å²) in [6.07, 6.45) is -0.128. The Morgan fingerprint density at radius 3 is 2.61 bits per heavy atom. The Kier molecular flexibility index (Phi) is 6.33. The third-order valence-electron chi connectivity index (χ3n) is 5.03. The molecule has 1 amide bonds. The Hall–Kier alpha value is -3.75. The molecule has 0 saturated heterocycles. The Balaban J connectivity index is 1.95. The maximum Gasteiger partial charge on any atom is 0.227 e. The number of aryl methyl sites for hydroxylation is 3. The summed E-state index contributed by atoms with van der Waals surface area (Å²) in [6.45, 7) is 5.33. The van der Waals surface area contributed by atoms with Gasteiger partial charge in [-0.1, -0.05) is 11.2 Å². The van der Waals surface area contributed by atoms with Crippen LogP contribution in [0.5, 0.6) is 17.2 Å². The van der Waals surface area contributed by atoms with Crippen LogP contribution in [0.4, 0.5) is 0 Å². The van der Waals surface area contributed by atoms with Crippen LogP contribution in [0, 0.1) is 20.8 Å². The Morgan fingerprint density at radius 2 is 1.97 bits per heavy atom. The first-order valence-corrected chi connectivity index (χ1v) is 9.60. The molecule has 0 saturated carbocycles. The minimum atomic E-state index is -0.799. The van der Waals surface area contributed by atoms with Crippen molar-refractivity contribution in [3.8, 4) is 17.2 Å². The number of rotatable bonds is 7. The molecule has 3 rings (SSSR count). The van der Waals surface area contributed by atoms with Crippen molar-refractivity contribution in [3.05, 3.63) is 68.6 Å². The molecule has 1 aromatic carbocycles. The predicted octanol–water partition coefficient (Wildman–Crippen LogP) is 2.81. The third kappa shape index (κ3) is 4.71. The number of benzene rings is 1. The third-order valence-corrected chi connectivity index (χ3v) is 5.03. The minimum absolute atomic E-state index is 0.0368. The van der Waals surface area contributed by atoms with Gasteiger partial charge in [-0.3, -0.25) is 9.59 Å². The van der Waals surface area contributed by atoms with E-state index in [2.05, 4.69) is 10.5 Å². The highest BCUT2D eigenvalue weighted by molar-refractivity contribution is 5.77. The molecule has 2 heterocycles. The molecule has 0 fully saturated rings. The molecular formula is C22H24N2O7. The average molecular weight is 428 g/mol. The normalized spacial score (nSPS) is 11.9. The highest BCUT2D eigenvalue weighted by atomic mass is 16.5. The monoisotopic (exact) mass is 428 g/mol. The highest BCUT2D eigenvalue weighted by Crippen LogP contribution is 2.37. The van der Waals surface area contributed by atoms with Crippen molar-refractivity contribution in [2.45, 2.75) is 39.7 Å². The lowest BCUT2D eigenvalue weighted by Gasteiger charge is -2.19. The molecule has 9 heteroatoms. The van der Waals surface area contributed by atoms with E-state index in [1.165, 1.54) is 25.3 Å². The number of phenols is 1. The van der Waals surface area contributed by atoms with Crippen LogP contribution in [0.1, 0.15) is 46.4 Å². The average Bonchev–Trinajstić information content (AvgIpc) is 3.05. The first-order chi connectivity index (χ1) is 14.7. The van der Waals surface area contributed by atoms with Gasteiger partial charge in [-0.2, -0.15) is 0 Å². The summed E-state index contributed by atoms with van der Waals surface area (Å²) in [5.41, 5.74) is 1.37. The number of carbonyl (C=O) groups excluding carboxylic acids is 1. The van der Waals surface area contributed by atoms with Crippen LogP contribution in [-0.4, -0.2) is 28.4 Å². The van der Waals surface area contributed by atoms with Crippen molar-refractivity contribution in [3.63, 3.8) is 0 Å². The van der Waals surface area contributed by atoms with Crippen molar-refractivity contribution in [2.24, 2.45) is 0 Å². The van der Waals surface area contributed by atoms with E-state index in [9.17, 15) is 19.8 Å². The topological polar surface area (TPSA) is 135 Å². The van der Waals surface area contributed by atoms with Gasteiger partial charge in [0, 0.05) is 24.6 Å². The van der Waals surface area contributed by atoms with Crippen molar-refractivity contribution in [1.82, 2.24) is 10.5 Å². The van der Waals surface area contributed by atoms with E-state index in [-0.39, 0.29) is 36.1 Å². The van der Waals surface area contributed by atoms with Crippen molar-refractivity contribution in [2.75, 3.05) is 7.11 Å². The van der Waals surface area contributed by atoms with E-state index in [4.69, 9.17) is 13.7 Å². The number of aromatic hydroxyl groups is 2. The quantitative estimate of drug-likeness (QED) is 0.523. The van der Waals surface area contributed by atoms with Gasteiger partial charge in [-0.15, -0.1) is 0 Å². The number of aromatic nitrogens is 1. The fourth-order valence-electron chi connectivity index (χ4n) is 3.33. The van der Waals surface area contributed by atoms with E-state index in [1.807, 2.05) is 0 Å². The van der Waals surface area contributed by atoms with E-state index >= 15 is 0 Å². The first kappa shape index (κ1) is 21.9. The fraction of sp³-hybridized carbons (Fsp3) is 0.318. The zero-order chi connectivity index (χ0) is 22.7. The second kappa shape index (κ2) is 8.95. The molecule has 2 aromatic heterocycles. The molecule has 164 valence electrons. The number of amides is 1. The largest absolute Gasteiger partial charge is 0.504 e. The Bertz CT molecular complexity index is 1140. The first-order valence-electron chi connectivity index (χ1n) is 9.60. The molecule has 0 aliphatic carbocycles. The maximum atomic E-state index is 12.8. The molecule has 0 aliphatic heterocycles. The van der Waals surface area contributed by atoms with E-state index in [0.29, 0.717) is 22.8 Å². The predicted molar refractivity (Wildman–Crippen MR) is 110 cm³/mol. The summed E-state index contributed by atoms with van der Waals surface area (Å²) < 4.78 is 15.9. The number of ether oxygens (including phenoxy) is 1. The molecule has 3 N–H and O–H groups in total. The standard InChI is InChI=1S/C22H24N2O7/c1-11-7-18(26)21(28)22(30-11)15(14-5-6-17(25)19(8-14)29-4)9-20(27)23-10-16-12(2)24-31-13(16)3/h5-8,15,25,28H,9-10H2,1-4H3,(H,23,27)/t15-/m1/s1. The number of nitrogens with zero attached hydrogens (tertiary/aromatic N) is 1. The van der Waals surface area contributed by atoms with Crippen molar-refractivity contribution >= 4 is 5.91 Å². The SMILES string of the molecule is COc1cc([C@@H](CC(=O)NCc2c(C)noc2C)c2oc(C)cc(=O)c2O)ccc1O. The Morgan fingerprint density at radius 1 is 1.23 bits per heavy atom. The number of phenolic OH excluding ortho intramolecular Hbond substituents is 1. The van der Waals surface area contributed by atoms with Gasteiger partial charge in [0.15, 0.2) is 17.3 Å². The van der Waals surface area contributed by atoms with Gasteiger partial charge in [0.25, 0.3) is 0 Å². The smallest absolute Gasteiger partial charge is 0.227 e. The lowest BCUT2D eigenvalue weighted by Crippen LogP contribution is -2.25. The van der Waals surface area contributed by atoms with Crippen LogP contribution in [0.3, 0.4) is 0 Å². The number of hydrogen-bond acceptors (Lipinski definition) is 8. The van der Waals surface area contributed by atoms with Gasteiger partial charge in [0.1, 0.15) is 11.5 Å². The number of hydrogen-bond donors (Lipinski definition) is 3. The molecule has 0 bridgehead atoms. The molecule has 0 spiro atoms. The lowest BCUT2D eigenvalue weighted by molar-refractivity contribution is -0.121. The van der Waals surface area contributed by atoms with Crippen LogP contribution >= 0.6 is 0 Å². The molecule has 1 atom stereocenters. The second-order valence-electron chi connectivity index (χ2n) is 7.20. The molecule has 0 unspecified atom stereocenters. The van der Waals surface area contributed by atoms with Gasteiger partial charge >= 0.3 is 0 Å². The van der Waals surface area contributed by atoms with E-state index < -0.39 is 17.1 Å². The number of nitrogens with one attached hydrogen (secondary N) is 1. The van der Waals surface area contributed by atoms with Gasteiger partial charge in [-0.05, 0) is 38.5 Å². The van der Waals surface area contributed by atoms with Crippen LogP contribution in [0.15, 0.2) is 38.0 Å². The van der Waals surface area contributed by atoms with Crippen LogP contribution in [0.2, 0.25) is 0 Å². The summed E-state index contributed by atoms with van der Waals surface area (Å²) >= 11 is 0. The van der Waals surface area contributed by atoms with Gasteiger partial charge in [0.2, 0.25) is 17.1 Å². The molecule has 3 aromatic rings. The summed E-state index contributed by atoms with van der Waals surface area (Å²) in [5, 5.41) is 26.9. The number of carbonyl (C=O) groups is 1. The molecule has 9 nitrogen and oxygen atoms in total.